The van der Waals surface area contributed by atoms with E-state index in [1.54, 1.807) is 25.5 Å². The molecule has 1 heterocycles. The maximum absolute atomic E-state index is 12.4. The fraction of sp³-hybridized carbons (Fsp3) is 0.235. The largest absolute Gasteiger partial charge is 0.465 e. The average molecular weight is 285 g/mol. The number of carbonyl (C=O) groups is 1. The number of rotatable bonds is 7. The van der Waals surface area contributed by atoms with Crippen molar-refractivity contribution in [3.8, 4) is 0 Å². The third-order valence-corrected chi connectivity index (χ3v) is 2.97. The number of nitrogens with one attached hydrogen (secondary N) is 1. The predicted octanol–water partition coefficient (Wildman–Crippen LogP) is 2.97. The van der Waals surface area contributed by atoms with Crippen LogP contribution >= 0.6 is 0 Å². The quantitative estimate of drug-likeness (QED) is 0.628. The van der Waals surface area contributed by atoms with Crippen molar-refractivity contribution >= 4 is 17.6 Å². The Kier molecular flexibility index (Phi) is 5.79. The van der Waals surface area contributed by atoms with E-state index in [1.165, 1.54) is 0 Å². The van der Waals surface area contributed by atoms with E-state index in [2.05, 4.69) is 5.32 Å². The molecule has 0 fully saturated rings. The van der Waals surface area contributed by atoms with Crippen molar-refractivity contribution in [3.63, 3.8) is 0 Å². The van der Waals surface area contributed by atoms with E-state index in [-0.39, 0.29) is 5.91 Å². The summed E-state index contributed by atoms with van der Waals surface area (Å²) in [5, 5.41) is 2.90. The van der Waals surface area contributed by atoms with E-state index in [0.717, 1.165) is 12.0 Å². The first-order valence-electron chi connectivity index (χ1n) is 6.89. The lowest BCUT2D eigenvalue weighted by molar-refractivity contribution is -0.115. The Morgan fingerprint density at radius 3 is 2.71 bits per heavy atom. The number of furan rings is 1. The van der Waals surface area contributed by atoms with E-state index in [1.807, 2.05) is 36.4 Å². The number of methoxy groups -OCH3 is 1. The van der Waals surface area contributed by atoms with Crippen molar-refractivity contribution in [2.45, 2.75) is 6.42 Å². The Morgan fingerprint density at radius 1 is 1.24 bits per heavy atom. The molecule has 0 radical (unpaired) electrons. The lowest BCUT2D eigenvalue weighted by Gasteiger charge is -2.09. The van der Waals surface area contributed by atoms with Gasteiger partial charge in [-0.2, -0.15) is 0 Å². The van der Waals surface area contributed by atoms with Gasteiger partial charge in [0.25, 0.3) is 5.91 Å². The summed E-state index contributed by atoms with van der Waals surface area (Å²) in [6.45, 7) is 1.21. The van der Waals surface area contributed by atoms with Gasteiger partial charge < -0.3 is 14.5 Å². The molecule has 0 bridgehead atoms. The molecule has 1 N–H and O–H groups in total. The minimum absolute atomic E-state index is 0.117. The highest BCUT2D eigenvalue weighted by molar-refractivity contribution is 6.24. The average Bonchev–Trinajstić information content (AvgIpc) is 3.03. The Hall–Kier alpha value is -2.33. The molecule has 0 aliphatic rings. The van der Waals surface area contributed by atoms with Gasteiger partial charge in [-0.15, -0.1) is 0 Å². The fourth-order valence-electron chi connectivity index (χ4n) is 1.93. The normalized spacial score (nSPS) is 11.4. The van der Waals surface area contributed by atoms with Crippen LogP contribution < -0.4 is 5.32 Å². The summed E-state index contributed by atoms with van der Waals surface area (Å²) >= 11 is 0. The molecule has 2 rings (SSSR count). The second-order valence-corrected chi connectivity index (χ2v) is 4.54. The highest BCUT2D eigenvalue weighted by Crippen LogP contribution is 2.18. The van der Waals surface area contributed by atoms with Crippen LogP contribution in [-0.2, 0) is 9.53 Å². The Labute approximate surface area is 124 Å². The maximum atomic E-state index is 12.4. The van der Waals surface area contributed by atoms with Gasteiger partial charge >= 0.3 is 0 Å². The number of amides is 1. The fourth-order valence-corrected chi connectivity index (χ4v) is 1.93. The molecule has 1 aromatic heterocycles. The van der Waals surface area contributed by atoms with Crippen LogP contribution in [0.4, 0.5) is 0 Å². The van der Waals surface area contributed by atoms with Gasteiger partial charge in [0, 0.05) is 20.3 Å². The van der Waals surface area contributed by atoms with E-state index in [4.69, 9.17) is 9.15 Å². The molecule has 21 heavy (non-hydrogen) atoms. The third kappa shape index (κ3) is 4.61. The highest BCUT2D eigenvalue weighted by atomic mass is 16.5. The summed E-state index contributed by atoms with van der Waals surface area (Å²) < 4.78 is 10.3. The highest BCUT2D eigenvalue weighted by Gasteiger charge is 2.12. The van der Waals surface area contributed by atoms with E-state index in [9.17, 15) is 4.79 Å². The monoisotopic (exact) mass is 285 g/mol. The van der Waals surface area contributed by atoms with Crippen LogP contribution in [0.1, 0.15) is 17.7 Å². The smallest absolute Gasteiger partial charge is 0.252 e. The van der Waals surface area contributed by atoms with Crippen molar-refractivity contribution in [3.05, 3.63) is 60.1 Å². The zero-order chi connectivity index (χ0) is 14.9. The standard InChI is InChI=1S/C17H19NO3/c1-20-11-6-10-18-17(19)16(13-15-9-5-12-21-15)14-7-3-2-4-8-14/h2-5,7-9,12-13H,6,10-11H2,1H3,(H,18,19). The molecule has 0 saturated heterocycles. The first kappa shape index (κ1) is 15.1. The Bertz CT molecular complexity index is 573. The molecular weight excluding hydrogens is 266 g/mol. The molecule has 0 unspecified atom stereocenters. The second kappa shape index (κ2) is 8.07. The SMILES string of the molecule is COCCCNC(=O)C(=Cc1ccco1)c1ccccc1. The van der Waals surface area contributed by atoms with Gasteiger partial charge in [0.2, 0.25) is 0 Å². The number of ether oxygens (including phenoxy) is 1. The Balaban J connectivity index is 2.15. The van der Waals surface area contributed by atoms with Crippen LogP contribution in [0.15, 0.2) is 53.1 Å². The molecule has 0 spiro atoms. The predicted molar refractivity (Wildman–Crippen MR) is 82.5 cm³/mol. The van der Waals surface area contributed by atoms with Crippen LogP contribution in [0.5, 0.6) is 0 Å². The van der Waals surface area contributed by atoms with E-state index >= 15 is 0 Å². The van der Waals surface area contributed by atoms with Gasteiger partial charge in [-0.05, 0) is 30.2 Å². The molecule has 1 amide bonds. The molecule has 0 saturated carbocycles. The van der Waals surface area contributed by atoms with Crippen molar-refractivity contribution in [1.29, 1.82) is 0 Å². The lowest BCUT2D eigenvalue weighted by Crippen LogP contribution is -2.26. The van der Waals surface area contributed by atoms with E-state index < -0.39 is 0 Å². The van der Waals surface area contributed by atoms with E-state index in [0.29, 0.717) is 24.5 Å². The molecule has 110 valence electrons. The summed E-state index contributed by atoms with van der Waals surface area (Å²) in [5.41, 5.74) is 1.45. The first-order valence-corrected chi connectivity index (χ1v) is 6.89. The third-order valence-electron chi connectivity index (χ3n) is 2.97. The van der Waals surface area contributed by atoms with Gasteiger partial charge in [-0.25, -0.2) is 0 Å². The molecule has 0 atom stereocenters. The number of hydrogen-bond acceptors (Lipinski definition) is 3. The number of hydrogen-bond donors (Lipinski definition) is 1. The Morgan fingerprint density at radius 2 is 2.05 bits per heavy atom. The maximum Gasteiger partial charge on any atom is 0.252 e. The molecule has 4 nitrogen and oxygen atoms in total. The summed E-state index contributed by atoms with van der Waals surface area (Å²) in [7, 11) is 1.65. The molecule has 1 aromatic carbocycles. The summed E-state index contributed by atoms with van der Waals surface area (Å²) in [6.07, 6.45) is 4.12. The minimum atomic E-state index is -0.117. The zero-order valence-electron chi connectivity index (χ0n) is 12.0. The summed E-state index contributed by atoms with van der Waals surface area (Å²) in [4.78, 5) is 12.4. The number of benzene rings is 1. The second-order valence-electron chi connectivity index (χ2n) is 4.54. The minimum Gasteiger partial charge on any atom is -0.465 e. The van der Waals surface area contributed by atoms with Gasteiger partial charge in [-0.3, -0.25) is 4.79 Å². The van der Waals surface area contributed by atoms with Gasteiger partial charge in [0.15, 0.2) is 0 Å². The molecule has 0 aliphatic carbocycles. The molecule has 4 heteroatoms. The van der Waals surface area contributed by atoms with Crippen LogP contribution in [0.3, 0.4) is 0 Å². The topological polar surface area (TPSA) is 51.5 Å². The summed E-state index contributed by atoms with van der Waals surface area (Å²) in [5.74, 6) is 0.537. The van der Waals surface area contributed by atoms with Crippen LogP contribution in [0, 0.1) is 0 Å². The van der Waals surface area contributed by atoms with Gasteiger partial charge in [-0.1, -0.05) is 30.3 Å². The van der Waals surface area contributed by atoms with Crippen molar-refractivity contribution in [1.82, 2.24) is 5.32 Å². The summed E-state index contributed by atoms with van der Waals surface area (Å²) in [6, 6.07) is 13.2. The van der Waals surface area contributed by atoms with Crippen molar-refractivity contribution < 1.29 is 13.9 Å². The van der Waals surface area contributed by atoms with Crippen molar-refractivity contribution in [2.24, 2.45) is 0 Å². The van der Waals surface area contributed by atoms with Gasteiger partial charge in [0.05, 0.1) is 11.8 Å². The van der Waals surface area contributed by atoms with Crippen LogP contribution in [-0.4, -0.2) is 26.2 Å². The molecule has 2 aromatic rings. The van der Waals surface area contributed by atoms with Crippen LogP contribution in [0.2, 0.25) is 0 Å². The number of carbonyl (C=O) groups excluding carboxylic acids is 1. The van der Waals surface area contributed by atoms with Crippen LogP contribution in [0.25, 0.3) is 11.6 Å². The van der Waals surface area contributed by atoms with Gasteiger partial charge in [0.1, 0.15) is 5.76 Å². The molecular formula is C17H19NO3. The lowest BCUT2D eigenvalue weighted by atomic mass is 10.0. The first-order chi connectivity index (χ1) is 10.3. The zero-order valence-corrected chi connectivity index (χ0v) is 12.0. The van der Waals surface area contributed by atoms with Crippen molar-refractivity contribution in [2.75, 3.05) is 20.3 Å². The molecule has 0 aliphatic heterocycles.